The molecule has 0 bridgehead atoms. The summed E-state index contributed by atoms with van der Waals surface area (Å²) in [6.07, 6.45) is 7.01. The summed E-state index contributed by atoms with van der Waals surface area (Å²) in [6, 6.07) is 0. The fourth-order valence-corrected chi connectivity index (χ4v) is 1.68. The fraction of sp³-hybridized carbons (Fsp3) is 1.00. The van der Waals surface area contributed by atoms with Crippen molar-refractivity contribution in [2.45, 2.75) is 39.0 Å². The standard InChI is InChI=1S/C10H22N2/c1-2-3-4-5-6-8-12-9-7-11-10-12/h11H,2-10H2,1H3. The van der Waals surface area contributed by atoms with Gasteiger partial charge in [0.1, 0.15) is 0 Å². The summed E-state index contributed by atoms with van der Waals surface area (Å²) in [5.74, 6) is 0. The Morgan fingerprint density at radius 3 is 2.67 bits per heavy atom. The minimum absolute atomic E-state index is 1.12. The molecule has 0 unspecified atom stereocenters. The van der Waals surface area contributed by atoms with E-state index in [1.807, 2.05) is 0 Å². The van der Waals surface area contributed by atoms with Gasteiger partial charge in [0, 0.05) is 19.8 Å². The van der Waals surface area contributed by atoms with Gasteiger partial charge in [-0.1, -0.05) is 32.6 Å². The molecule has 0 radical (unpaired) electrons. The van der Waals surface area contributed by atoms with Crippen molar-refractivity contribution in [2.75, 3.05) is 26.3 Å². The third kappa shape index (κ3) is 4.07. The number of nitrogens with one attached hydrogen (secondary N) is 1. The molecule has 1 saturated heterocycles. The molecule has 0 aromatic heterocycles. The van der Waals surface area contributed by atoms with Crippen LogP contribution in [0.25, 0.3) is 0 Å². The van der Waals surface area contributed by atoms with E-state index in [2.05, 4.69) is 17.1 Å². The van der Waals surface area contributed by atoms with Crippen LogP contribution in [0.3, 0.4) is 0 Å². The molecule has 0 aromatic rings. The third-order valence-electron chi connectivity index (χ3n) is 2.52. The molecule has 1 aliphatic heterocycles. The van der Waals surface area contributed by atoms with Gasteiger partial charge >= 0.3 is 0 Å². The van der Waals surface area contributed by atoms with Crippen LogP contribution in [0.15, 0.2) is 0 Å². The van der Waals surface area contributed by atoms with Crippen molar-refractivity contribution >= 4 is 0 Å². The van der Waals surface area contributed by atoms with Crippen LogP contribution < -0.4 is 5.32 Å². The molecule has 1 N–H and O–H groups in total. The first-order valence-electron chi connectivity index (χ1n) is 5.36. The molecular weight excluding hydrogens is 148 g/mol. The average Bonchev–Trinajstić information content (AvgIpc) is 2.57. The molecular formula is C10H22N2. The summed E-state index contributed by atoms with van der Waals surface area (Å²) in [7, 11) is 0. The Hall–Kier alpha value is -0.0800. The Morgan fingerprint density at radius 1 is 1.17 bits per heavy atom. The van der Waals surface area contributed by atoms with Crippen molar-refractivity contribution in [1.82, 2.24) is 10.2 Å². The zero-order valence-corrected chi connectivity index (χ0v) is 8.31. The third-order valence-corrected chi connectivity index (χ3v) is 2.52. The van der Waals surface area contributed by atoms with Crippen molar-refractivity contribution in [1.29, 1.82) is 0 Å². The molecule has 0 saturated carbocycles. The van der Waals surface area contributed by atoms with Crippen LogP contribution in [0.2, 0.25) is 0 Å². The van der Waals surface area contributed by atoms with E-state index in [0.717, 1.165) is 6.67 Å². The van der Waals surface area contributed by atoms with Gasteiger partial charge in [-0.15, -0.1) is 0 Å². The Morgan fingerprint density at radius 2 is 2.00 bits per heavy atom. The fourth-order valence-electron chi connectivity index (χ4n) is 1.68. The lowest BCUT2D eigenvalue weighted by Gasteiger charge is -2.12. The molecule has 1 heterocycles. The maximum absolute atomic E-state index is 3.35. The van der Waals surface area contributed by atoms with Crippen LogP contribution in [-0.2, 0) is 0 Å². The first-order valence-corrected chi connectivity index (χ1v) is 5.36. The van der Waals surface area contributed by atoms with E-state index in [0.29, 0.717) is 0 Å². The van der Waals surface area contributed by atoms with Gasteiger partial charge in [-0.25, -0.2) is 0 Å². The van der Waals surface area contributed by atoms with E-state index in [1.165, 1.54) is 51.7 Å². The van der Waals surface area contributed by atoms with Gasteiger partial charge in [0.2, 0.25) is 0 Å². The Bertz CT molecular complexity index is 98.0. The Balaban J connectivity index is 1.81. The predicted molar refractivity (Wildman–Crippen MR) is 53.2 cm³/mol. The van der Waals surface area contributed by atoms with Gasteiger partial charge in [-0.3, -0.25) is 4.90 Å². The molecule has 0 amide bonds. The number of unbranched alkanes of at least 4 members (excludes halogenated alkanes) is 4. The quantitative estimate of drug-likeness (QED) is 0.612. The van der Waals surface area contributed by atoms with E-state index < -0.39 is 0 Å². The molecule has 12 heavy (non-hydrogen) atoms. The van der Waals surface area contributed by atoms with Crippen LogP contribution in [0, 0.1) is 0 Å². The number of hydrogen-bond acceptors (Lipinski definition) is 2. The first-order chi connectivity index (χ1) is 5.93. The largest absolute Gasteiger partial charge is 0.303 e. The van der Waals surface area contributed by atoms with Crippen molar-refractivity contribution in [3.05, 3.63) is 0 Å². The van der Waals surface area contributed by atoms with Gasteiger partial charge in [0.05, 0.1) is 0 Å². The van der Waals surface area contributed by atoms with Crippen LogP contribution in [0.5, 0.6) is 0 Å². The molecule has 1 rings (SSSR count). The van der Waals surface area contributed by atoms with Gasteiger partial charge < -0.3 is 5.32 Å². The lowest BCUT2D eigenvalue weighted by Crippen LogP contribution is -2.22. The monoisotopic (exact) mass is 170 g/mol. The molecule has 2 heteroatoms. The smallest absolute Gasteiger partial charge is 0.0481 e. The van der Waals surface area contributed by atoms with Crippen molar-refractivity contribution in [2.24, 2.45) is 0 Å². The SMILES string of the molecule is CCCCCCCN1CCNC1. The highest BCUT2D eigenvalue weighted by atomic mass is 15.3. The van der Waals surface area contributed by atoms with Gasteiger partial charge in [0.25, 0.3) is 0 Å². The molecule has 72 valence electrons. The van der Waals surface area contributed by atoms with Gasteiger partial charge in [-0.05, 0) is 13.0 Å². The molecule has 0 atom stereocenters. The van der Waals surface area contributed by atoms with E-state index >= 15 is 0 Å². The first kappa shape index (κ1) is 10.0. The normalized spacial score (nSPS) is 18.8. The highest BCUT2D eigenvalue weighted by molar-refractivity contribution is 4.65. The molecule has 1 fully saturated rings. The van der Waals surface area contributed by atoms with Gasteiger partial charge in [-0.2, -0.15) is 0 Å². The highest BCUT2D eigenvalue weighted by Crippen LogP contribution is 2.04. The van der Waals surface area contributed by atoms with E-state index in [4.69, 9.17) is 0 Å². The van der Waals surface area contributed by atoms with Crippen LogP contribution in [-0.4, -0.2) is 31.2 Å². The van der Waals surface area contributed by atoms with Crippen LogP contribution in [0.1, 0.15) is 39.0 Å². The second-order valence-electron chi connectivity index (χ2n) is 3.69. The zero-order chi connectivity index (χ0) is 8.65. The molecule has 0 aromatic carbocycles. The number of hydrogen-bond donors (Lipinski definition) is 1. The number of rotatable bonds is 6. The lowest BCUT2D eigenvalue weighted by molar-refractivity contribution is 0.324. The minimum Gasteiger partial charge on any atom is -0.303 e. The van der Waals surface area contributed by atoms with Crippen LogP contribution >= 0.6 is 0 Å². The predicted octanol–water partition coefficient (Wildman–Crippen LogP) is 1.82. The van der Waals surface area contributed by atoms with Gasteiger partial charge in [0.15, 0.2) is 0 Å². The summed E-state index contributed by atoms with van der Waals surface area (Å²) in [5, 5.41) is 3.35. The molecule has 2 nitrogen and oxygen atoms in total. The Kier molecular flexibility index (Phi) is 5.37. The highest BCUT2D eigenvalue weighted by Gasteiger charge is 2.08. The van der Waals surface area contributed by atoms with Crippen molar-refractivity contribution in [3.8, 4) is 0 Å². The number of nitrogens with zero attached hydrogens (tertiary/aromatic N) is 1. The minimum atomic E-state index is 1.12. The Labute approximate surface area is 76.3 Å². The zero-order valence-electron chi connectivity index (χ0n) is 8.31. The molecule has 0 spiro atoms. The van der Waals surface area contributed by atoms with Crippen LogP contribution in [0.4, 0.5) is 0 Å². The summed E-state index contributed by atoms with van der Waals surface area (Å²) in [5.41, 5.74) is 0. The van der Waals surface area contributed by atoms with E-state index in [-0.39, 0.29) is 0 Å². The second-order valence-corrected chi connectivity index (χ2v) is 3.69. The topological polar surface area (TPSA) is 15.3 Å². The van der Waals surface area contributed by atoms with E-state index in [9.17, 15) is 0 Å². The summed E-state index contributed by atoms with van der Waals surface area (Å²) in [6.45, 7) is 7.14. The van der Waals surface area contributed by atoms with E-state index in [1.54, 1.807) is 0 Å². The molecule has 0 aliphatic carbocycles. The maximum Gasteiger partial charge on any atom is 0.0481 e. The molecule has 1 aliphatic rings. The lowest BCUT2D eigenvalue weighted by atomic mass is 10.1. The average molecular weight is 170 g/mol. The second kappa shape index (κ2) is 6.44. The summed E-state index contributed by atoms with van der Waals surface area (Å²) in [4.78, 5) is 2.51. The van der Waals surface area contributed by atoms with Crippen molar-refractivity contribution in [3.63, 3.8) is 0 Å². The summed E-state index contributed by atoms with van der Waals surface area (Å²) >= 11 is 0. The maximum atomic E-state index is 3.35. The van der Waals surface area contributed by atoms with Crippen molar-refractivity contribution < 1.29 is 0 Å². The summed E-state index contributed by atoms with van der Waals surface area (Å²) < 4.78 is 0.